The van der Waals surface area contributed by atoms with E-state index < -0.39 is 42.8 Å². The average molecular weight is 663 g/mol. The van der Waals surface area contributed by atoms with Crippen LogP contribution in [-0.4, -0.2) is 94.1 Å². The first-order valence-electron chi connectivity index (χ1n) is 15.6. The first kappa shape index (κ1) is 35.1. The summed E-state index contributed by atoms with van der Waals surface area (Å²) in [4.78, 5) is 27.5. The van der Waals surface area contributed by atoms with Crippen molar-refractivity contribution < 1.29 is 36.3 Å². The van der Waals surface area contributed by atoms with Crippen LogP contribution in [0.25, 0.3) is 11.1 Å². The summed E-state index contributed by atoms with van der Waals surface area (Å²) in [6, 6.07) is 11.5. The van der Waals surface area contributed by atoms with Crippen molar-refractivity contribution in [2.24, 2.45) is 5.92 Å². The monoisotopic (exact) mass is 662 g/mol. The highest BCUT2D eigenvalue weighted by Crippen LogP contribution is 2.33. The molecule has 1 aliphatic carbocycles. The molecule has 2 aliphatic rings. The van der Waals surface area contributed by atoms with E-state index in [0.717, 1.165) is 48.6 Å². The molecule has 2 unspecified atom stereocenters. The zero-order valence-corrected chi connectivity index (χ0v) is 28.0. The normalized spacial score (nSPS) is 20.6. The minimum atomic E-state index is -3.42. The number of nitrogens with zero attached hydrogens (tertiary/aromatic N) is 1. The lowest BCUT2D eigenvalue weighted by Crippen LogP contribution is -2.42. The molecule has 3 atom stereocenters. The Kier molecular flexibility index (Phi) is 11.8. The molecular weight excluding hydrogens is 617 g/mol. The lowest BCUT2D eigenvalue weighted by atomic mass is 9.91. The molecule has 0 bridgehead atoms. The molecular formula is C33H46N2O8S2. The molecule has 4 rings (SSSR count). The van der Waals surface area contributed by atoms with Crippen molar-refractivity contribution in [3.8, 4) is 11.1 Å². The Labute approximate surface area is 267 Å². The summed E-state index contributed by atoms with van der Waals surface area (Å²) in [6.45, 7) is 3.19. The Balaban J connectivity index is 1.59. The number of carboxylic acid groups (broad SMARTS) is 1. The first-order valence-corrected chi connectivity index (χ1v) is 19.4. The van der Waals surface area contributed by atoms with E-state index in [1.54, 1.807) is 19.2 Å². The fourth-order valence-corrected chi connectivity index (χ4v) is 9.48. The van der Waals surface area contributed by atoms with Crippen molar-refractivity contribution in [2.45, 2.75) is 75.7 Å². The quantitative estimate of drug-likeness (QED) is 0.308. The van der Waals surface area contributed by atoms with Gasteiger partial charge < -0.3 is 15.2 Å². The first-order chi connectivity index (χ1) is 21.3. The molecule has 1 amide bonds. The van der Waals surface area contributed by atoms with E-state index in [1.165, 1.54) is 6.42 Å². The van der Waals surface area contributed by atoms with E-state index in [1.807, 2.05) is 37.3 Å². The summed E-state index contributed by atoms with van der Waals surface area (Å²) < 4.78 is 55.8. The number of benzene rings is 2. The third-order valence-corrected chi connectivity index (χ3v) is 12.3. The number of carboxylic acids is 1. The van der Waals surface area contributed by atoms with Gasteiger partial charge in [-0.05, 0) is 72.9 Å². The van der Waals surface area contributed by atoms with Gasteiger partial charge in [-0.25, -0.2) is 21.6 Å². The molecule has 0 aromatic heterocycles. The van der Waals surface area contributed by atoms with Crippen LogP contribution in [0.5, 0.6) is 0 Å². The predicted octanol–water partition coefficient (Wildman–Crippen LogP) is 3.86. The van der Waals surface area contributed by atoms with Gasteiger partial charge in [0, 0.05) is 38.1 Å². The van der Waals surface area contributed by atoms with E-state index >= 15 is 0 Å². The molecule has 2 fully saturated rings. The van der Waals surface area contributed by atoms with Crippen LogP contribution >= 0.6 is 0 Å². The van der Waals surface area contributed by atoms with E-state index in [4.69, 9.17) is 4.74 Å². The fraction of sp³-hybridized carbons (Fsp3) is 0.576. The predicted molar refractivity (Wildman–Crippen MR) is 175 cm³/mol. The van der Waals surface area contributed by atoms with Crippen LogP contribution in [0.15, 0.2) is 42.5 Å². The molecule has 45 heavy (non-hydrogen) atoms. The Morgan fingerprint density at radius 2 is 1.76 bits per heavy atom. The summed E-state index contributed by atoms with van der Waals surface area (Å²) in [7, 11) is -5.08. The van der Waals surface area contributed by atoms with Crippen molar-refractivity contribution in [3.05, 3.63) is 59.2 Å². The Morgan fingerprint density at radius 1 is 1.04 bits per heavy atom. The van der Waals surface area contributed by atoms with Gasteiger partial charge in [-0.3, -0.25) is 9.69 Å². The number of sulfone groups is 2. The van der Waals surface area contributed by atoms with Crippen molar-refractivity contribution in [2.75, 3.05) is 38.0 Å². The lowest BCUT2D eigenvalue weighted by Gasteiger charge is -2.25. The van der Waals surface area contributed by atoms with E-state index in [2.05, 4.69) is 10.2 Å². The van der Waals surface area contributed by atoms with Crippen molar-refractivity contribution >= 4 is 31.6 Å². The Hall–Kier alpha value is -2.80. The maximum absolute atomic E-state index is 13.5. The Morgan fingerprint density at radius 3 is 2.40 bits per heavy atom. The van der Waals surface area contributed by atoms with Crippen LogP contribution in [0.1, 0.15) is 66.4 Å². The molecule has 12 heteroatoms. The Bertz CT molecular complexity index is 1570. The van der Waals surface area contributed by atoms with Crippen LogP contribution in [0.3, 0.4) is 0 Å². The van der Waals surface area contributed by atoms with E-state index in [9.17, 15) is 31.5 Å². The van der Waals surface area contributed by atoms with E-state index in [0.29, 0.717) is 31.7 Å². The zero-order valence-electron chi connectivity index (χ0n) is 26.4. The van der Waals surface area contributed by atoms with Crippen LogP contribution in [0, 0.1) is 12.8 Å². The van der Waals surface area contributed by atoms with Crippen LogP contribution in [0.2, 0.25) is 0 Å². The summed E-state index contributed by atoms with van der Waals surface area (Å²) in [5, 5.41) is 11.7. The minimum Gasteiger partial charge on any atom is -0.480 e. The molecule has 1 saturated heterocycles. The molecule has 10 nitrogen and oxygen atoms in total. The molecule has 0 spiro atoms. The summed E-state index contributed by atoms with van der Waals surface area (Å²) >= 11 is 0. The van der Waals surface area contributed by atoms with Crippen LogP contribution < -0.4 is 5.32 Å². The summed E-state index contributed by atoms with van der Waals surface area (Å²) in [5.41, 5.74) is 3.47. The number of hydrogen-bond donors (Lipinski definition) is 2. The number of carbonyl (C=O) groups excluding carboxylic acids is 1. The molecule has 2 N–H and O–H groups in total. The second kappa shape index (κ2) is 15.2. The third kappa shape index (κ3) is 9.60. The smallest absolute Gasteiger partial charge is 0.326 e. The molecule has 0 radical (unpaired) electrons. The van der Waals surface area contributed by atoms with Gasteiger partial charge in [-0.1, -0.05) is 49.6 Å². The number of ether oxygens (including phenoxy) is 1. The highest BCUT2D eigenvalue weighted by Gasteiger charge is 2.40. The lowest BCUT2D eigenvalue weighted by molar-refractivity contribution is -0.139. The van der Waals surface area contributed by atoms with E-state index in [-0.39, 0.29) is 35.4 Å². The second-order valence-electron chi connectivity index (χ2n) is 12.7. The van der Waals surface area contributed by atoms with Gasteiger partial charge in [0.2, 0.25) is 0 Å². The van der Waals surface area contributed by atoms with Crippen molar-refractivity contribution in [1.82, 2.24) is 10.2 Å². The average Bonchev–Trinajstić information content (AvgIpc) is 3.38. The third-order valence-electron chi connectivity index (χ3n) is 9.08. The van der Waals surface area contributed by atoms with Gasteiger partial charge in [-0.2, -0.15) is 0 Å². The van der Waals surface area contributed by atoms with Crippen LogP contribution in [0.4, 0.5) is 0 Å². The van der Waals surface area contributed by atoms with Crippen LogP contribution in [-0.2, 0) is 35.8 Å². The number of aliphatic carboxylic acids is 1. The molecule has 2 aromatic carbocycles. The minimum absolute atomic E-state index is 0.0720. The number of likely N-dealkylation sites (tertiary alicyclic amines) is 1. The summed E-state index contributed by atoms with van der Waals surface area (Å²) in [6.07, 6.45) is 6.60. The number of carbonyl (C=O) groups is 2. The number of rotatable bonds is 14. The SMILES string of the molecule is COC[C@@H]1CC(S(=O)(=O)CC2CCCCC2)CN1Cc1ccc(C(=O)NC(CCS(C)(=O)=O)C(=O)O)c(-c2ccccc2C)c1. The molecule has 1 heterocycles. The van der Waals surface area contributed by atoms with Gasteiger partial charge in [0.1, 0.15) is 15.9 Å². The highest BCUT2D eigenvalue weighted by atomic mass is 32.2. The number of aryl methyl sites for hydroxylation is 1. The summed E-state index contributed by atoms with van der Waals surface area (Å²) in [5.74, 6) is -1.82. The number of amides is 1. The zero-order chi connectivity index (χ0) is 32.8. The molecule has 248 valence electrons. The van der Waals surface area contributed by atoms with Gasteiger partial charge in [0.15, 0.2) is 9.84 Å². The van der Waals surface area contributed by atoms with Crippen molar-refractivity contribution in [3.63, 3.8) is 0 Å². The van der Waals surface area contributed by atoms with Gasteiger partial charge in [-0.15, -0.1) is 0 Å². The number of nitrogens with one attached hydrogen (secondary N) is 1. The topological polar surface area (TPSA) is 147 Å². The largest absolute Gasteiger partial charge is 0.480 e. The molecule has 1 saturated carbocycles. The molecule has 2 aromatic rings. The van der Waals surface area contributed by atoms with Gasteiger partial charge >= 0.3 is 5.97 Å². The van der Waals surface area contributed by atoms with Gasteiger partial charge in [0.25, 0.3) is 5.91 Å². The second-order valence-corrected chi connectivity index (χ2v) is 17.3. The number of methoxy groups -OCH3 is 1. The maximum atomic E-state index is 13.5. The van der Waals surface area contributed by atoms with Crippen molar-refractivity contribution in [1.29, 1.82) is 0 Å². The molecule has 1 aliphatic heterocycles. The standard InChI is InChI=1S/C33H46N2O8S2/c1-23-9-7-8-12-28(23)30-17-25(13-14-29(30)32(36)34-31(33(37)38)15-16-44(3,39)40)19-35-20-27(18-26(35)21-43-2)45(41,42)22-24-10-5-4-6-11-24/h7-9,12-14,17,24,26-27,31H,4-6,10-11,15-16,18-22H2,1-3H3,(H,34,36)(H,37,38)/t26-,27?,31?/m0/s1. The van der Waals surface area contributed by atoms with Gasteiger partial charge in [0.05, 0.1) is 23.4 Å². The number of hydrogen-bond acceptors (Lipinski definition) is 8. The fourth-order valence-electron chi connectivity index (χ4n) is 6.62. The highest BCUT2D eigenvalue weighted by molar-refractivity contribution is 7.92. The maximum Gasteiger partial charge on any atom is 0.326 e.